The monoisotopic (exact) mass is 459 g/mol. The predicted octanol–water partition coefficient (Wildman–Crippen LogP) is 3.73. The van der Waals surface area contributed by atoms with Crippen LogP contribution in [0.4, 0.5) is 0 Å². The highest BCUT2D eigenvalue weighted by Crippen LogP contribution is 2.31. The van der Waals surface area contributed by atoms with Crippen LogP contribution in [-0.2, 0) is 10.0 Å². The van der Waals surface area contributed by atoms with Gasteiger partial charge in [0, 0.05) is 26.2 Å². The zero-order valence-electron chi connectivity index (χ0n) is 13.9. The third kappa shape index (κ3) is 3.82. The molecule has 1 aliphatic rings. The zero-order valence-corrected chi connectivity index (χ0v) is 17.9. The van der Waals surface area contributed by atoms with Crippen molar-refractivity contribution >= 4 is 61.5 Å². The molecule has 0 unspecified atom stereocenters. The summed E-state index contributed by atoms with van der Waals surface area (Å²) >= 11 is 9.84. The Labute approximate surface area is 173 Å². The van der Waals surface area contributed by atoms with E-state index < -0.39 is 10.0 Å². The molecule has 0 bridgehead atoms. The maximum absolute atomic E-state index is 12.7. The molecule has 1 saturated heterocycles. The number of hydrogen-bond acceptors (Lipinski definition) is 7. The minimum atomic E-state index is -3.56. The van der Waals surface area contributed by atoms with Gasteiger partial charge in [0.1, 0.15) is 14.1 Å². The van der Waals surface area contributed by atoms with Gasteiger partial charge in [-0.15, -0.1) is 34.0 Å². The average molecular weight is 460 g/mol. The molecule has 0 radical (unpaired) electrons. The first-order valence-corrected chi connectivity index (χ1v) is 12.3. The number of aromatic nitrogens is 1. The number of amides is 1. The van der Waals surface area contributed by atoms with Crippen molar-refractivity contribution in [3.63, 3.8) is 0 Å². The van der Waals surface area contributed by atoms with E-state index in [0.29, 0.717) is 22.3 Å². The second-order valence-electron chi connectivity index (χ2n) is 5.76. The molecule has 0 atom stereocenters. The first kappa shape index (κ1) is 19.0. The van der Waals surface area contributed by atoms with Gasteiger partial charge in [-0.05, 0) is 23.6 Å². The molecule has 11 heteroatoms. The van der Waals surface area contributed by atoms with Crippen LogP contribution in [0.1, 0.15) is 9.67 Å². The van der Waals surface area contributed by atoms with Gasteiger partial charge in [-0.25, -0.2) is 13.4 Å². The summed E-state index contributed by atoms with van der Waals surface area (Å²) in [5.41, 5.74) is 0. The van der Waals surface area contributed by atoms with Gasteiger partial charge in [0.05, 0.1) is 15.4 Å². The molecule has 0 spiro atoms. The molecule has 4 heterocycles. The number of thiazole rings is 1. The van der Waals surface area contributed by atoms with Crippen LogP contribution < -0.4 is 0 Å². The largest absolute Gasteiger partial charge is 0.335 e. The summed E-state index contributed by atoms with van der Waals surface area (Å²) in [5, 5.41) is 2.79. The lowest BCUT2D eigenvalue weighted by Crippen LogP contribution is -2.50. The molecule has 0 N–H and O–H groups in total. The fraction of sp³-hybridized carbons (Fsp3) is 0.250. The van der Waals surface area contributed by atoms with E-state index in [1.54, 1.807) is 28.5 Å². The van der Waals surface area contributed by atoms with Crippen molar-refractivity contribution in [1.29, 1.82) is 0 Å². The molecule has 0 saturated carbocycles. The summed E-state index contributed by atoms with van der Waals surface area (Å²) in [7, 11) is -3.56. The van der Waals surface area contributed by atoms with E-state index in [1.807, 2.05) is 17.5 Å². The van der Waals surface area contributed by atoms with Gasteiger partial charge >= 0.3 is 0 Å². The number of carbonyl (C=O) groups excluding carboxylic acids is 1. The third-order valence-corrected chi connectivity index (χ3v) is 9.74. The molecule has 1 amide bonds. The van der Waals surface area contributed by atoms with Crippen molar-refractivity contribution in [2.24, 2.45) is 0 Å². The van der Waals surface area contributed by atoms with E-state index in [1.165, 1.54) is 21.7 Å². The van der Waals surface area contributed by atoms with Crippen molar-refractivity contribution in [3.8, 4) is 9.88 Å². The first-order valence-electron chi connectivity index (χ1n) is 7.99. The van der Waals surface area contributed by atoms with Crippen LogP contribution in [0.2, 0.25) is 4.34 Å². The normalized spacial score (nSPS) is 16.0. The molecular formula is C16H14ClN3O3S4. The molecule has 1 aliphatic heterocycles. The highest BCUT2D eigenvalue weighted by Gasteiger charge is 2.31. The van der Waals surface area contributed by atoms with Crippen LogP contribution in [-0.4, -0.2) is 54.7 Å². The second kappa shape index (κ2) is 7.61. The molecular weight excluding hydrogens is 446 g/mol. The molecule has 4 rings (SSSR count). The molecule has 0 aliphatic carbocycles. The smallest absolute Gasteiger partial charge is 0.265 e. The topological polar surface area (TPSA) is 70.6 Å². The number of piperazine rings is 1. The van der Waals surface area contributed by atoms with Crippen LogP contribution in [0.5, 0.6) is 0 Å². The van der Waals surface area contributed by atoms with E-state index in [-0.39, 0.29) is 23.2 Å². The van der Waals surface area contributed by atoms with E-state index in [0.717, 1.165) is 21.2 Å². The quantitative estimate of drug-likeness (QED) is 0.596. The predicted molar refractivity (Wildman–Crippen MR) is 109 cm³/mol. The minimum Gasteiger partial charge on any atom is -0.335 e. The zero-order chi connectivity index (χ0) is 19.0. The van der Waals surface area contributed by atoms with Gasteiger partial charge in [0.25, 0.3) is 15.9 Å². The Balaban J connectivity index is 1.42. The SMILES string of the molecule is O=C(c1cnc(-c2cccs2)s1)N1CCN(S(=O)(=O)c2ccc(Cl)s2)CC1. The second-order valence-corrected chi connectivity index (χ2v) is 11.6. The van der Waals surface area contributed by atoms with Crippen LogP contribution in [0, 0.1) is 0 Å². The van der Waals surface area contributed by atoms with Crippen molar-refractivity contribution in [2.75, 3.05) is 26.2 Å². The first-order chi connectivity index (χ1) is 12.9. The molecule has 27 heavy (non-hydrogen) atoms. The summed E-state index contributed by atoms with van der Waals surface area (Å²) in [6.07, 6.45) is 1.60. The van der Waals surface area contributed by atoms with Crippen LogP contribution in [0.15, 0.2) is 40.1 Å². The summed E-state index contributed by atoms with van der Waals surface area (Å²) in [5.74, 6) is -0.105. The Hall–Kier alpha value is -1.30. The summed E-state index contributed by atoms with van der Waals surface area (Å²) in [4.78, 5) is 20.3. The maximum atomic E-state index is 12.7. The molecule has 142 valence electrons. The standard InChI is InChI=1S/C16H14ClN3O3S4/c17-13-3-4-14(26-13)27(22,23)20-7-5-19(6-8-20)16(21)12-10-18-15(25-12)11-2-1-9-24-11/h1-4,9-10H,5-8H2. The number of nitrogens with zero attached hydrogens (tertiary/aromatic N) is 3. The van der Waals surface area contributed by atoms with Crippen molar-refractivity contribution in [2.45, 2.75) is 4.21 Å². The Morgan fingerprint density at radius 2 is 1.89 bits per heavy atom. The van der Waals surface area contributed by atoms with E-state index >= 15 is 0 Å². The van der Waals surface area contributed by atoms with Gasteiger partial charge in [0.2, 0.25) is 0 Å². The lowest BCUT2D eigenvalue weighted by molar-refractivity contribution is 0.0702. The lowest BCUT2D eigenvalue weighted by Gasteiger charge is -2.33. The van der Waals surface area contributed by atoms with Gasteiger partial charge < -0.3 is 4.90 Å². The summed E-state index contributed by atoms with van der Waals surface area (Å²) in [6.45, 7) is 1.23. The number of hydrogen-bond donors (Lipinski definition) is 0. The fourth-order valence-corrected chi connectivity index (χ4v) is 7.49. The highest BCUT2D eigenvalue weighted by molar-refractivity contribution is 7.91. The van der Waals surface area contributed by atoms with Crippen molar-refractivity contribution < 1.29 is 13.2 Å². The number of rotatable bonds is 4. The Morgan fingerprint density at radius 1 is 1.11 bits per heavy atom. The van der Waals surface area contributed by atoms with Gasteiger partial charge in [-0.3, -0.25) is 4.79 Å². The van der Waals surface area contributed by atoms with Gasteiger partial charge in [-0.1, -0.05) is 17.7 Å². The number of sulfonamides is 1. The van der Waals surface area contributed by atoms with E-state index in [9.17, 15) is 13.2 Å². The Morgan fingerprint density at radius 3 is 2.52 bits per heavy atom. The third-order valence-electron chi connectivity index (χ3n) is 4.12. The van der Waals surface area contributed by atoms with Crippen LogP contribution >= 0.6 is 45.6 Å². The summed E-state index contributed by atoms with van der Waals surface area (Å²) in [6, 6.07) is 7.01. The van der Waals surface area contributed by atoms with E-state index in [4.69, 9.17) is 11.6 Å². The molecule has 3 aromatic rings. The molecule has 1 fully saturated rings. The average Bonchev–Trinajstić information content (AvgIpc) is 3.41. The highest BCUT2D eigenvalue weighted by atomic mass is 35.5. The fourth-order valence-electron chi connectivity index (χ4n) is 2.74. The van der Waals surface area contributed by atoms with Gasteiger partial charge in [0.15, 0.2) is 0 Å². The van der Waals surface area contributed by atoms with Crippen LogP contribution in [0.3, 0.4) is 0 Å². The van der Waals surface area contributed by atoms with E-state index in [2.05, 4.69) is 4.98 Å². The van der Waals surface area contributed by atoms with Gasteiger partial charge in [-0.2, -0.15) is 4.31 Å². The van der Waals surface area contributed by atoms with Crippen LogP contribution in [0.25, 0.3) is 9.88 Å². The lowest BCUT2D eigenvalue weighted by atomic mass is 10.3. The Kier molecular flexibility index (Phi) is 5.36. The van der Waals surface area contributed by atoms with Crippen molar-refractivity contribution in [1.82, 2.24) is 14.2 Å². The number of carbonyl (C=O) groups is 1. The minimum absolute atomic E-state index is 0.105. The summed E-state index contributed by atoms with van der Waals surface area (Å²) < 4.78 is 27.4. The number of halogens is 1. The molecule has 6 nitrogen and oxygen atoms in total. The maximum Gasteiger partial charge on any atom is 0.265 e. The molecule has 3 aromatic heterocycles. The molecule has 0 aromatic carbocycles. The van der Waals surface area contributed by atoms with Crippen molar-refractivity contribution in [3.05, 3.63) is 45.1 Å². The Bertz CT molecular complexity index is 1050. The number of thiophene rings is 2.